The van der Waals surface area contributed by atoms with Crippen molar-refractivity contribution in [1.82, 2.24) is 9.88 Å². The number of aromatic nitrogens is 1. The largest absolute Gasteiger partial charge is 0.297 e. The lowest BCUT2D eigenvalue weighted by molar-refractivity contribution is 0.137. The molecule has 1 fully saturated rings. The number of benzene rings is 1. The molecule has 3 heterocycles. The van der Waals surface area contributed by atoms with Gasteiger partial charge < -0.3 is 0 Å². The summed E-state index contributed by atoms with van der Waals surface area (Å²) in [7, 11) is 2.28. The molecule has 0 aliphatic carbocycles. The molecule has 2 heteroatoms. The number of rotatable bonds is 1. The zero-order chi connectivity index (χ0) is 13.5. The lowest BCUT2D eigenvalue weighted by Crippen LogP contribution is -2.45. The van der Waals surface area contributed by atoms with Crippen molar-refractivity contribution >= 4 is 16.3 Å². The van der Waals surface area contributed by atoms with E-state index in [9.17, 15) is 0 Å². The molecular weight excluding hydrogens is 244 g/mol. The van der Waals surface area contributed by atoms with E-state index in [1.807, 2.05) is 6.20 Å². The highest BCUT2D eigenvalue weighted by atomic mass is 15.2. The van der Waals surface area contributed by atoms with Gasteiger partial charge in [0.15, 0.2) is 0 Å². The fourth-order valence-electron chi connectivity index (χ4n) is 3.81. The summed E-state index contributed by atoms with van der Waals surface area (Å²) in [6.07, 6.45) is 11.7. The number of hydrogen-bond acceptors (Lipinski definition) is 2. The van der Waals surface area contributed by atoms with Crippen LogP contribution in [0.1, 0.15) is 31.2 Å². The second-order valence-corrected chi connectivity index (χ2v) is 6.12. The highest BCUT2D eigenvalue weighted by Gasteiger charge is 2.31. The maximum Gasteiger partial charge on any atom is 0.0349 e. The number of likely N-dealkylation sites (N-methyl/N-ethyl adjacent to an activating group) is 1. The van der Waals surface area contributed by atoms with Gasteiger partial charge in [-0.15, -0.1) is 0 Å². The molecule has 1 aromatic carbocycles. The quantitative estimate of drug-likeness (QED) is 0.777. The van der Waals surface area contributed by atoms with Gasteiger partial charge in [-0.2, -0.15) is 0 Å². The first kappa shape index (κ1) is 12.1. The molecule has 0 saturated carbocycles. The van der Waals surface area contributed by atoms with Crippen molar-refractivity contribution in [2.45, 2.75) is 37.8 Å². The first-order chi connectivity index (χ1) is 9.83. The van der Waals surface area contributed by atoms with Crippen LogP contribution in [0.3, 0.4) is 0 Å². The van der Waals surface area contributed by atoms with Crippen LogP contribution in [0.15, 0.2) is 42.7 Å². The van der Waals surface area contributed by atoms with Gasteiger partial charge in [0.2, 0.25) is 0 Å². The van der Waals surface area contributed by atoms with Crippen LogP contribution >= 0.6 is 0 Å². The summed E-state index contributed by atoms with van der Waals surface area (Å²) < 4.78 is 0. The fraction of sp³-hybridized carbons (Fsp3) is 0.389. The third kappa shape index (κ3) is 1.87. The molecule has 2 aliphatic heterocycles. The first-order valence-corrected chi connectivity index (χ1v) is 7.59. The average molecular weight is 264 g/mol. The van der Waals surface area contributed by atoms with Crippen molar-refractivity contribution in [1.29, 1.82) is 0 Å². The smallest absolute Gasteiger partial charge is 0.0349 e. The molecule has 2 bridgehead atoms. The second-order valence-electron chi connectivity index (χ2n) is 6.12. The minimum Gasteiger partial charge on any atom is -0.297 e. The molecule has 20 heavy (non-hydrogen) atoms. The van der Waals surface area contributed by atoms with E-state index in [-0.39, 0.29) is 0 Å². The molecule has 0 radical (unpaired) electrons. The van der Waals surface area contributed by atoms with E-state index in [4.69, 9.17) is 0 Å². The SMILES string of the molecule is CN1C2C=C(c3cncc4ccccc34)CC1CCC2. The average Bonchev–Trinajstić information content (AvgIpc) is 2.46. The number of piperidine rings is 1. The van der Waals surface area contributed by atoms with Crippen LogP contribution in [0.25, 0.3) is 16.3 Å². The minimum absolute atomic E-state index is 0.622. The zero-order valence-corrected chi connectivity index (χ0v) is 11.9. The summed E-state index contributed by atoms with van der Waals surface area (Å²) in [5.74, 6) is 0. The topological polar surface area (TPSA) is 16.1 Å². The molecule has 0 spiro atoms. The van der Waals surface area contributed by atoms with Gasteiger partial charge in [0, 0.05) is 35.4 Å². The molecule has 2 nitrogen and oxygen atoms in total. The van der Waals surface area contributed by atoms with Crippen molar-refractivity contribution in [2.24, 2.45) is 0 Å². The van der Waals surface area contributed by atoms with Gasteiger partial charge in [-0.05, 0) is 37.3 Å². The van der Waals surface area contributed by atoms with E-state index in [1.54, 1.807) is 0 Å². The normalized spacial score (nSPS) is 26.6. The molecule has 1 aromatic heterocycles. The number of fused-ring (bicyclic) bond motifs is 3. The highest BCUT2D eigenvalue weighted by molar-refractivity contribution is 5.93. The Morgan fingerprint density at radius 2 is 2.05 bits per heavy atom. The monoisotopic (exact) mass is 264 g/mol. The molecule has 0 amide bonds. The number of hydrogen-bond donors (Lipinski definition) is 0. The molecule has 2 aliphatic rings. The molecule has 0 N–H and O–H groups in total. The highest BCUT2D eigenvalue weighted by Crippen LogP contribution is 2.37. The molecule has 102 valence electrons. The standard InChI is InChI=1S/C18H20N2/c1-20-15-6-4-7-16(20)10-14(9-15)18-12-19-11-13-5-2-3-8-17(13)18/h2-3,5,8-9,11-12,15-16H,4,6-7,10H2,1H3. The van der Waals surface area contributed by atoms with E-state index in [0.29, 0.717) is 12.1 Å². The second kappa shape index (κ2) is 4.71. The summed E-state index contributed by atoms with van der Waals surface area (Å²) in [6.45, 7) is 0. The van der Waals surface area contributed by atoms with Crippen LogP contribution < -0.4 is 0 Å². The van der Waals surface area contributed by atoms with E-state index >= 15 is 0 Å². The van der Waals surface area contributed by atoms with Crippen molar-refractivity contribution in [3.63, 3.8) is 0 Å². The van der Waals surface area contributed by atoms with Crippen LogP contribution in [0, 0.1) is 0 Å². The maximum absolute atomic E-state index is 4.45. The van der Waals surface area contributed by atoms with Crippen molar-refractivity contribution < 1.29 is 0 Å². The van der Waals surface area contributed by atoms with Gasteiger partial charge in [-0.25, -0.2) is 0 Å². The Balaban J connectivity index is 1.84. The van der Waals surface area contributed by atoms with Gasteiger partial charge in [-0.3, -0.25) is 9.88 Å². The van der Waals surface area contributed by atoms with Crippen LogP contribution in [0.2, 0.25) is 0 Å². The lowest BCUT2D eigenvalue weighted by atomic mass is 9.83. The van der Waals surface area contributed by atoms with Crippen LogP contribution in [-0.2, 0) is 0 Å². The Kier molecular flexibility index (Phi) is 2.85. The van der Waals surface area contributed by atoms with E-state index in [0.717, 1.165) is 0 Å². The third-order valence-corrected chi connectivity index (χ3v) is 5.00. The maximum atomic E-state index is 4.45. The summed E-state index contributed by atoms with van der Waals surface area (Å²) in [5.41, 5.74) is 2.84. The van der Waals surface area contributed by atoms with Crippen LogP contribution in [-0.4, -0.2) is 29.0 Å². The van der Waals surface area contributed by atoms with Gasteiger partial charge in [0.25, 0.3) is 0 Å². The molecular formula is C18H20N2. The van der Waals surface area contributed by atoms with Gasteiger partial charge >= 0.3 is 0 Å². The van der Waals surface area contributed by atoms with E-state index in [1.165, 1.54) is 47.6 Å². The minimum atomic E-state index is 0.622. The molecule has 4 rings (SSSR count). The van der Waals surface area contributed by atoms with Gasteiger partial charge in [0.1, 0.15) is 0 Å². The van der Waals surface area contributed by atoms with Gasteiger partial charge in [0.05, 0.1) is 0 Å². The Hall–Kier alpha value is -1.67. The number of pyridine rings is 1. The molecule has 2 aromatic rings. The van der Waals surface area contributed by atoms with Crippen molar-refractivity contribution in [3.05, 3.63) is 48.3 Å². The van der Waals surface area contributed by atoms with E-state index in [2.05, 4.69) is 53.5 Å². The molecule has 2 unspecified atom stereocenters. The Morgan fingerprint density at radius 1 is 1.15 bits per heavy atom. The summed E-state index contributed by atoms with van der Waals surface area (Å²) in [5, 5.41) is 2.59. The Morgan fingerprint density at radius 3 is 2.95 bits per heavy atom. The van der Waals surface area contributed by atoms with Crippen molar-refractivity contribution in [3.8, 4) is 0 Å². The lowest BCUT2D eigenvalue weighted by Gasteiger charge is -2.43. The van der Waals surface area contributed by atoms with Crippen LogP contribution in [0.5, 0.6) is 0 Å². The summed E-state index contributed by atoms with van der Waals surface area (Å²) in [6, 6.07) is 9.93. The predicted octanol–water partition coefficient (Wildman–Crippen LogP) is 3.87. The van der Waals surface area contributed by atoms with Crippen LogP contribution in [0.4, 0.5) is 0 Å². The third-order valence-electron chi connectivity index (χ3n) is 5.00. The molecule has 1 saturated heterocycles. The summed E-state index contributed by atoms with van der Waals surface area (Å²) in [4.78, 5) is 7.01. The van der Waals surface area contributed by atoms with Gasteiger partial charge in [-0.1, -0.05) is 36.8 Å². The van der Waals surface area contributed by atoms with Crippen molar-refractivity contribution in [2.75, 3.05) is 7.05 Å². The first-order valence-electron chi connectivity index (χ1n) is 7.59. The van der Waals surface area contributed by atoms with E-state index < -0.39 is 0 Å². The Bertz CT molecular complexity index is 669. The fourth-order valence-corrected chi connectivity index (χ4v) is 3.81. The Labute approximate surface area is 120 Å². The summed E-state index contributed by atoms with van der Waals surface area (Å²) >= 11 is 0. The predicted molar refractivity (Wildman–Crippen MR) is 83.5 cm³/mol. The number of nitrogens with zero attached hydrogens (tertiary/aromatic N) is 2. The molecule has 2 atom stereocenters. The zero-order valence-electron chi connectivity index (χ0n) is 11.9.